The third-order valence-electron chi connectivity index (χ3n) is 27.9. The molecule has 4 aliphatic rings. The van der Waals surface area contributed by atoms with Gasteiger partial charge in [-0.2, -0.15) is 0 Å². The third-order valence-corrected chi connectivity index (χ3v) is 33.1. The first kappa shape index (κ1) is 93.8. The van der Waals surface area contributed by atoms with Crippen LogP contribution in [0, 0.1) is 0 Å². The standard InChI is InChI=1S/C68H48N6O4S4.C60H42N4O2S2/c1-79-49-21-13-43(14-22-49)71(44-15-23-50(80-2)24-16-44)59-31-29-55(65-53(59)33-37-77-65)63-61-62(68(76)73(63)47-11-9-41-7-5-35-69-57(41)39-47)64(74(67(61)75)48-12-10-42-8-6-36-70-58(42)40-48)56-30-32-60(54-34-38-78-66(54)56)72(45-17-25-51(81-3)26-18-45)46-19-27-52(82-4)28-20-46;65-59-55-56(58(62(59)40-44-24-18-22-42-20-14-16-34-50(42)44)52-36-38-54(68-52)64(47-29-9-3-10-30-47)48-31-11-4-12-32-48)60(66)61(39-43-23-17-21-41-19-13-15-33-49(41)43)57(55)51-35-37-53(67-51)63(45-25-5-1-6-26-45)46-27-7-2-8-28-46/h5-40H,1-4H3;1-38H,39-40H2. The molecule has 22 aromatic rings. The maximum Gasteiger partial charge on any atom is 0.265 e. The Morgan fingerprint density at radius 3 is 0.947 bits per heavy atom. The average Bonchev–Trinajstić information content (AvgIpc) is 1.53. The summed E-state index contributed by atoms with van der Waals surface area (Å²) < 4.78 is 13.3. The number of benzene rings is 16. The quantitative estimate of drug-likeness (QED) is 0.0473. The Bertz CT molecular complexity index is 8500. The Kier molecular flexibility index (Phi) is 25.1. The lowest BCUT2D eigenvalue weighted by molar-refractivity contribution is -0.124. The van der Waals surface area contributed by atoms with E-state index >= 15 is 19.2 Å². The van der Waals surface area contributed by atoms with E-state index in [9.17, 15) is 0 Å². The van der Waals surface area contributed by atoms with Crippen LogP contribution in [-0.4, -0.2) is 68.4 Å². The highest BCUT2D eigenvalue weighted by Gasteiger charge is 2.53. The summed E-state index contributed by atoms with van der Waals surface area (Å²) in [4.78, 5) is 96.2. The molecular formula is C128H90N10O6S6. The maximum atomic E-state index is 16.4. The number of para-hydroxylation sites is 4. The van der Waals surface area contributed by atoms with Crippen molar-refractivity contribution in [2.75, 3.05) is 54.4 Å². The van der Waals surface area contributed by atoms with Crippen molar-refractivity contribution < 1.29 is 28.0 Å². The molecule has 0 spiro atoms. The fourth-order valence-corrected chi connectivity index (χ4v) is 24.9. The number of carbonyl (C=O) groups is 4. The average molecular weight is 2060 g/mol. The Balaban J connectivity index is 0.000000158. The minimum absolute atomic E-state index is 0.192. The van der Waals surface area contributed by atoms with Gasteiger partial charge in [0.05, 0.1) is 114 Å². The largest absolute Gasteiger partial charge is 0.464 e. The van der Waals surface area contributed by atoms with Crippen LogP contribution in [0.5, 0.6) is 0 Å². The van der Waals surface area contributed by atoms with Gasteiger partial charge in [0, 0.05) is 110 Å². The van der Waals surface area contributed by atoms with E-state index in [1.165, 1.54) is 0 Å². The number of hydrogen-bond donors (Lipinski definition) is 0. The van der Waals surface area contributed by atoms with Gasteiger partial charge in [0.15, 0.2) is 0 Å². The molecule has 150 heavy (non-hydrogen) atoms. The minimum atomic E-state index is -0.397. The summed E-state index contributed by atoms with van der Waals surface area (Å²) in [5.74, 6) is -1.18. The highest BCUT2D eigenvalue weighted by Crippen LogP contribution is 2.58. The SMILES string of the molecule is CSc1ccc(N(c2ccc(SC)cc2)c2ccc(C3=C4C(=O)N(c5ccc6cccnc6c5)C(c5ccc(N(c6ccc(SC)cc6)c6ccc(SC)cc6)c6ccoc56)=C4C(=O)N3c3ccc4cccnc4c3)c3occc23)cc1.O=C1C2=C(c3ccc(N(c4ccccc4)c4ccccc4)s3)N(Cc3cccc4ccccc34)C(=O)C2=C(c2ccc(N(c3ccccc3)c3ccccc3)s2)N1Cc1cccc2ccccc12. The van der Waals surface area contributed by atoms with Crippen LogP contribution in [0.2, 0.25) is 0 Å². The van der Waals surface area contributed by atoms with Gasteiger partial charge in [-0.05, 0) is 300 Å². The molecule has 22 heteroatoms. The Morgan fingerprint density at radius 1 is 0.273 bits per heavy atom. The molecule has 0 N–H and O–H groups in total. The van der Waals surface area contributed by atoms with Crippen molar-refractivity contribution >= 4 is 260 Å². The molecule has 0 radical (unpaired) electrons. The van der Waals surface area contributed by atoms with Gasteiger partial charge in [-0.15, -0.1) is 69.7 Å². The highest BCUT2D eigenvalue weighted by atomic mass is 32.2. The number of fused-ring (bicyclic) bond motifs is 8. The number of hydrogen-bond acceptors (Lipinski definition) is 18. The van der Waals surface area contributed by atoms with Crippen LogP contribution in [0.25, 0.3) is 88.1 Å². The van der Waals surface area contributed by atoms with Crippen LogP contribution in [0.4, 0.5) is 78.3 Å². The van der Waals surface area contributed by atoms with Gasteiger partial charge in [0.1, 0.15) is 21.2 Å². The zero-order valence-corrected chi connectivity index (χ0v) is 86.4. The molecule has 26 rings (SSSR count). The van der Waals surface area contributed by atoms with Crippen molar-refractivity contribution in [3.05, 3.63) is 504 Å². The second-order valence-electron chi connectivity index (χ2n) is 36.3. The zero-order chi connectivity index (χ0) is 101. The molecule has 0 bridgehead atoms. The molecule has 4 aliphatic heterocycles. The number of thiophene rings is 2. The van der Waals surface area contributed by atoms with Crippen molar-refractivity contribution in [3.8, 4) is 0 Å². The van der Waals surface area contributed by atoms with E-state index in [4.69, 9.17) is 18.8 Å². The number of pyridine rings is 2. The molecule has 0 saturated heterocycles. The molecule has 4 amide bonds. The lowest BCUT2D eigenvalue weighted by Gasteiger charge is -2.28. The van der Waals surface area contributed by atoms with Crippen LogP contribution in [0.15, 0.2) is 500 Å². The summed E-state index contributed by atoms with van der Waals surface area (Å²) in [5.41, 5.74) is 19.5. The van der Waals surface area contributed by atoms with Crippen LogP contribution in [0.1, 0.15) is 32.0 Å². The third kappa shape index (κ3) is 16.9. The van der Waals surface area contributed by atoms with Crippen LogP contribution >= 0.6 is 69.7 Å². The van der Waals surface area contributed by atoms with E-state index in [0.29, 0.717) is 78.6 Å². The van der Waals surface area contributed by atoms with Gasteiger partial charge in [-0.3, -0.25) is 38.9 Å². The van der Waals surface area contributed by atoms with Gasteiger partial charge in [-0.1, -0.05) is 182 Å². The molecule has 0 aliphatic carbocycles. The van der Waals surface area contributed by atoms with Crippen molar-refractivity contribution in [2.45, 2.75) is 32.7 Å². The molecule has 0 atom stereocenters. The van der Waals surface area contributed by atoms with Crippen molar-refractivity contribution in [2.24, 2.45) is 0 Å². The fraction of sp³-hybridized carbons (Fsp3) is 0.0469. The number of thioether (sulfide) groups is 4. The van der Waals surface area contributed by atoms with E-state index in [1.807, 2.05) is 204 Å². The van der Waals surface area contributed by atoms with Crippen molar-refractivity contribution in [1.29, 1.82) is 0 Å². The first-order valence-electron chi connectivity index (χ1n) is 49.0. The van der Waals surface area contributed by atoms with Crippen LogP contribution < -0.4 is 29.4 Å². The molecule has 0 unspecified atom stereocenters. The number of carbonyl (C=O) groups excluding carboxylic acids is 4. The molecule has 0 fully saturated rings. The van der Waals surface area contributed by atoms with E-state index < -0.39 is 11.8 Å². The summed E-state index contributed by atoms with van der Waals surface area (Å²) in [5, 5.41) is 9.62. The van der Waals surface area contributed by atoms with E-state index in [0.717, 1.165) is 150 Å². The lowest BCUT2D eigenvalue weighted by atomic mass is 9.99. The predicted octanol–water partition coefficient (Wildman–Crippen LogP) is 33.6. The number of rotatable bonds is 26. The molecule has 10 heterocycles. The van der Waals surface area contributed by atoms with E-state index in [-0.39, 0.29) is 36.1 Å². The number of furan rings is 2. The molecule has 16 aromatic carbocycles. The summed E-state index contributed by atoms with van der Waals surface area (Å²) in [7, 11) is 0. The summed E-state index contributed by atoms with van der Waals surface area (Å²) >= 11 is 9.92. The molecule has 0 saturated carbocycles. The summed E-state index contributed by atoms with van der Waals surface area (Å²) in [6, 6.07) is 144. The second-order valence-corrected chi connectivity index (χ2v) is 42.0. The minimum Gasteiger partial charge on any atom is -0.464 e. The molecule has 16 nitrogen and oxygen atoms in total. The number of nitrogens with zero attached hydrogens (tertiary/aromatic N) is 10. The Labute approximate surface area is 891 Å². The van der Waals surface area contributed by atoms with Gasteiger partial charge in [-0.25, -0.2) is 0 Å². The first-order chi connectivity index (χ1) is 73.9. The summed E-state index contributed by atoms with van der Waals surface area (Å²) in [6.07, 6.45) is 15.1. The van der Waals surface area contributed by atoms with Gasteiger partial charge < -0.3 is 38.2 Å². The number of anilines is 14. The van der Waals surface area contributed by atoms with Crippen molar-refractivity contribution in [3.63, 3.8) is 0 Å². The smallest absolute Gasteiger partial charge is 0.265 e. The lowest BCUT2D eigenvalue weighted by Crippen LogP contribution is -2.30. The number of aromatic nitrogens is 2. The second kappa shape index (κ2) is 40.2. The van der Waals surface area contributed by atoms with Crippen LogP contribution in [-0.2, 0) is 32.3 Å². The normalized spacial score (nSPS) is 13.5. The molecule has 724 valence electrons. The van der Waals surface area contributed by atoms with E-state index in [1.54, 1.807) is 104 Å². The van der Waals surface area contributed by atoms with Crippen LogP contribution in [0.3, 0.4) is 0 Å². The van der Waals surface area contributed by atoms with Gasteiger partial charge in [0.25, 0.3) is 23.6 Å². The van der Waals surface area contributed by atoms with Crippen molar-refractivity contribution in [1.82, 2.24) is 19.8 Å². The molecular weight excluding hydrogens is 1970 g/mol. The first-order valence-corrected chi connectivity index (χ1v) is 55.6. The fourth-order valence-electron chi connectivity index (χ4n) is 21.0. The van der Waals surface area contributed by atoms with E-state index in [2.05, 4.69) is 275 Å². The predicted molar refractivity (Wildman–Crippen MR) is 622 cm³/mol. The summed E-state index contributed by atoms with van der Waals surface area (Å²) in [6.45, 7) is 0.568. The number of amides is 4. The molecule has 6 aromatic heterocycles. The zero-order valence-electron chi connectivity index (χ0n) is 81.5. The maximum absolute atomic E-state index is 16.4. The Morgan fingerprint density at radius 2 is 0.593 bits per heavy atom. The monoisotopic (exact) mass is 2050 g/mol. The topological polar surface area (TPSA) is 146 Å². The van der Waals surface area contributed by atoms with Gasteiger partial charge >= 0.3 is 0 Å². The highest BCUT2D eigenvalue weighted by molar-refractivity contribution is 7.99. The van der Waals surface area contributed by atoms with Gasteiger partial charge in [0.2, 0.25) is 0 Å². The Hall–Kier alpha value is -17.2.